The summed E-state index contributed by atoms with van der Waals surface area (Å²) in [4.78, 5) is 0. The molecule has 2 nitrogen and oxygen atoms in total. The fraction of sp³-hybridized carbons (Fsp3) is 0.905. The molecule has 2 saturated carbocycles. The van der Waals surface area contributed by atoms with Gasteiger partial charge >= 0.3 is 0 Å². The van der Waals surface area contributed by atoms with Gasteiger partial charge < -0.3 is 10.2 Å². The summed E-state index contributed by atoms with van der Waals surface area (Å²) < 4.78 is 0. The molecule has 0 saturated heterocycles. The lowest BCUT2D eigenvalue weighted by atomic mass is 9.89. The highest BCUT2D eigenvalue weighted by molar-refractivity contribution is 5.06. The summed E-state index contributed by atoms with van der Waals surface area (Å²) in [5.41, 5.74) is 0. The van der Waals surface area contributed by atoms with Crippen LogP contribution in [-0.2, 0) is 0 Å². The van der Waals surface area contributed by atoms with Gasteiger partial charge in [-0.25, -0.2) is 0 Å². The topological polar surface area (TPSA) is 40.5 Å². The Kier molecular flexibility index (Phi) is 8.12. The van der Waals surface area contributed by atoms with Crippen LogP contribution in [0.4, 0.5) is 0 Å². The number of unbranched alkanes of at least 4 members (excludes halogenated alkanes) is 4. The maximum atomic E-state index is 10.4. The molecule has 0 amide bonds. The minimum Gasteiger partial charge on any atom is -0.392 e. The van der Waals surface area contributed by atoms with E-state index < -0.39 is 0 Å². The zero-order chi connectivity index (χ0) is 16.7. The van der Waals surface area contributed by atoms with E-state index in [2.05, 4.69) is 19.9 Å². The van der Waals surface area contributed by atoms with Gasteiger partial charge in [-0.1, -0.05) is 70.9 Å². The summed E-state index contributed by atoms with van der Waals surface area (Å²) in [5, 5.41) is 20.5. The minimum absolute atomic E-state index is 0.180. The van der Waals surface area contributed by atoms with Crippen LogP contribution in [0.2, 0.25) is 0 Å². The highest BCUT2D eigenvalue weighted by Gasteiger charge is 2.46. The summed E-state index contributed by atoms with van der Waals surface area (Å²) >= 11 is 0. The largest absolute Gasteiger partial charge is 0.392 e. The maximum absolute atomic E-state index is 10.4. The van der Waals surface area contributed by atoms with Crippen molar-refractivity contribution in [2.24, 2.45) is 23.7 Å². The zero-order valence-corrected chi connectivity index (χ0v) is 15.3. The summed E-state index contributed by atoms with van der Waals surface area (Å²) in [6.07, 6.45) is 17.0. The standard InChI is InChI=1S/C21H38O2/c1-3-5-7-9-16-13-17-15-21(23)19(20(17)14-16)12-11-18(22)10-8-6-4-2/h11-12,16-23H,3-10,13-15H2,1-2H3/t16-,17+,18+,19-,20+,21-/m1/s1. The lowest BCUT2D eigenvalue weighted by Gasteiger charge is -2.19. The van der Waals surface area contributed by atoms with E-state index in [1.807, 2.05) is 6.08 Å². The first-order chi connectivity index (χ1) is 11.2. The van der Waals surface area contributed by atoms with Crippen molar-refractivity contribution in [3.63, 3.8) is 0 Å². The van der Waals surface area contributed by atoms with Crippen LogP contribution < -0.4 is 0 Å². The number of hydrogen-bond acceptors (Lipinski definition) is 2. The molecule has 2 rings (SSSR count). The zero-order valence-electron chi connectivity index (χ0n) is 15.3. The molecular weight excluding hydrogens is 284 g/mol. The van der Waals surface area contributed by atoms with E-state index in [-0.39, 0.29) is 18.1 Å². The van der Waals surface area contributed by atoms with Crippen LogP contribution in [0.1, 0.15) is 84.5 Å². The van der Waals surface area contributed by atoms with Crippen molar-refractivity contribution in [3.8, 4) is 0 Å². The van der Waals surface area contributed by atoms with Crippen LogP contribution in [0.25, 0.3) is 0 Å². The van der Waals surface area contributed by atoms with Crippen LogP contribution in [0.15, 0.2) is 12.2 Å². The fourth-order valence-corrected chi connectivity index (χ4v) is 4.92. The Morgan fingerprint density at radius 2 is 1.74 bits per heavy atom. The number of hydrogen-bond donors (Lipinski definition) is 2. The summed E-state index contributed by atoms with van der Waals surface area (Å²) in [6, 6.07) is 0. The van der Waals surface area contributed by atoms with E-state index in [9.17, 15) is 10.2 Å². The molecule has 6 atom stereocenters. The first-order valence-electron chi connectivity index (χ1n) is 10.2. The molecule has 0 aromatic rings. The molecule has 0 aromatic heterocycles. The van der Waals surface area contributed by atoms with E-state index in [0.717, 1.165) is 31.1 Å². The molecule has 2 heteroatoms. The quantitative estimate of drug-likeness (QED) is 0.434. The molecule has 2 aliphatic rings. The van der Waals surface area contributed by atoms with E-state index >= 15 is 0 Å². The van der Waals surface area contributed by atoms with Crippen LogP contribution >= 0.6 is 0 Å². The average molecular weight is 323 g/mol. The van der Waals surface area contributed by atoms with Crippen molar-refractivity contribution in [2.75, 3.05) is 0 Å². The number of aliphatic hydroxyl groups is 2. The number of rotatable bonds is 10. The van der Waals surface area contributed by atoms with Gasteiger partial charge in [0.25, 0.3) is 0 Å². The Bertz CT molecular complexity index is 352. The van der Waals surface area contributed by atoms with Crippen molar-refractivity contribution in [1.29, 1.82) is 0 Å². The molecule has 0 spiro atoms. The predicted molar refractivity (Wildman–Crippen MR) is 97.2 cm³/mol. The Hall–Kier alpha value is -0.340. The maximum Gasteiger partial charge on any atom is 0.0721 e. The van der Waals surface area contributed by atoms with E-state index in [1.165, 1.54) is 51.4 Å². The van der Waals surface area contributed by atoms with Crippen LogP contribution in [0, 0.1) is 23.7 Å². The van der Waals surface area contributed by atoms with Crippen molar-refractivity contribution >= 4 is 0 Å². The highest BCUT2D eigenvalue weighted by Crippen LogP contribution is 2.51. The molecule has 0 heterocycles. The Morgan fingerprint density at radius 3 is 2.48 bits per heavy atom. The van der Waals surface area contributed by atoms with Gasteiger partial charge in [-0.15, -0.1) is 0 Å². The molecule has 0 bridgehead atoms. The second-order valence-corrected chi connectivity index (χ2v) is 8.09. The van der Waals surface area contributed by atoms with Gasteiger partial charge in [-0.05, 0) is 43.4 Å². The van der Waals surface area contributed by atoms with Crippen LogP contribution in [-0.4, -0.2) is 22.4 Å². The highest BCUT2D eigenvalue weighted by atomic mass is 16.3. The van der Waals surface area contributed by atoms with Crippen LogP contribution in [0.5, 0.6) is 0 Å². The van der Waals surface area contributed by atoms with Gasteiger partial charge in [0.2, 0.25) is 0 Å². The molecule has 2 aliphatic carbocycles. The van der Waals surface area contributed by atoms with E-state index in [0.29, 0.717) is 5.92 Å². The third kappa shape index (κ3) is 5.60. The Labute approximate surface area is 143 Å². The molecule has 23 heavy (non-hydrogen) atoms. The van der Waals surface area contributed by atoms with E-state index in [4.69, 9.17) is 0 Å². The molecule has 2 fully saturated rings. The monoisotopic (exact) mass is 322 g/mol. The van der Waals surface area contributed by atoms with Gasteiger partial charge in [0, 0.05) is 5.92 Å². The molecule has 0 unspecified atom stereocenters. The lowest BCUT2D eigenvalue weighted by Crippen LogP contribution is -2.18. The Morgan fingerprint density at radius 1 is 1.00 bits per heavy atom. The third-order valence-corrected chi connectivity index (χ3v) is 6.20. The molecule has 2 N–H and O–H groups in total. The average Bonchev–Trinajstić information content (AvgIpc) is 3.02. The van der Waals surface area contributed by atoms with Gasteiger partial charge in [0.1, 0.15) is 0 Å². The molecule has 0 aromatic carbocycles. The first kappa shape index (κ1) is 19.0. The second-order valence-electron chi connectivity index (χ2n) is 8.09. The predicted octanol–water partition coefficient (Wildman–Crippen LogP) is 5.09. The van der Waals surface area contributed by atoms with Crippen molar-refractivity contribution < 1.29 is 10.2 Å². The summed E-state index contributed by atoms with van der Waals surface area (Å²) in [7, 11) is 0. The smallest absolute Gasteiger partial charge is 0.0721 e. The summed E-state index contributed by atoms with van der Waals surface area (Å²) in [5.74, 6) is 2.56. The van der Waals surface area contributed by atoms with Gasteiger partial charge in [0.05, 0.1) is 12.2 Å². The van der Waals surface area contributed by atoms with Crippen LogP contribution in [0.3, 0.4) is 0 Å². The van der Waals surface area contributed by atoms with Crippen molar-refractivity contribution in [3.05, 3.63) is 12.2 Å². The fourth-order valence-electron chi connectivity index (χ4n) is 4.92. The van der Waals surface area contributed by atoms with Crippen molar-refractivity contribution in [1.82, 2.24) is 0 Å². The Balaban J connectivity index is 1.80. The number of aliphatic hydroxyl groups excluding tert-OH is 2. The minimum atomic E-state index is -0.324. The lowest BCUT2D eigenvalue weighted by molar-refractivity contribution is 0.133. The molecule has 134 valence electrons. The molecular formula is C21H38O2. The second kappa shape index (κ2) is 9.84. The van der Waals surface area contributed by atoms with Crippen molar-refractivity contribution in [2.45, 2.75) is 96.7 Å². The van der Waals surface area contributed by atoms with Gasteiger partial charge in [0.15, 0.2) is 0 Å². The first-order valence-corrected chi connectivity index (χ1v) is 10.2. The third-order valence-electron chi connectivity index (χ3n) is 6.20. The molecule has 0 aliphatic heterocycles. The van der Waals surface area contributed by atoms with Gasteiger partial charge in [-0.3, -0.25) is 0 Å². The number of fused-ring (bicyclic) bond motifs is 1. The van der Waals surface area contributed by atoms with Gasteiger partial charge in [-0.2, -0.15) is 0 Å². The van der Waals surface area contributed by atoms with E-state index in [1.54, 1.807) is 0 Å². The normalized spacial score (nSPS) is 35.0. The molecule has 0 radical (unpaired) electrons. The summed E-state index contributed by atoms with van der Waals surface area (Å²) in [6.45, 7) is 4.46. The SMILES string of the molecule is CCCCC[C@@H]1C[C@H]2C[C@@H](O)[C@H](C=C[C@@H](O)CCCCC)[C@H]2C1.